The van der Waals surface area contributed by atoms with Gasteiger partial charge >= 0.3 is 0 Å². The number of likely N-dealkylation sites (N-methyl/N-ethyl adjacent to an activating group) is 1. The highest BCUT2D eigenvalue weighted by molar-refractivity contribution is 5.79. The average Bonchev–Trinajstić information content (AvgIpc) is 3.12. The van der Waals surface area contributed by atoms with Crippen molar-refractivity contribution < 1.29 is 13.6 Å². The maximum Gasteiger partial charge on any atom is 0.237 e. The summed E-state index contributed by atoms with van der Waals surface area (Å²) in [5.74, 6) is -1.10. The van der Waals surface area contributed by atoms with Gasteiger partial charge in [-0.2, -0.15) is 0 Å². The quantitative estimate of drug-likeness (QED) is 0.789. The Bertz CT molecular complexity index is 701. The third-order valence-electron chi connectivity index (χ3n) is 6.95. The summed E-state index contributed by atoms with van der Waals surface area (Å²) in [6.45, 7) is 8.67. The van der Waals surface area contributed by atoms with Crippen LogP contribution in [0.25, 0.3) is 0 Å². The standard InChI is InChI=1S/C21H29F2N3O/c1-3-24(4-2)13-18(27)26-12-16(15-6-5-7-17(22)19(15)23)21-20(26)14-8-10-25(21)11-9-14/h5-7,14,16,20-21H,3-4,8-13H2,1-2H3/t16-,20+,21+/m1/s1. The van der Waals surface area contributed by atoms with Crippen LogP contribution in [-0.2, 0) is 4.79 Å². The molecule has 6 heteroatoms. The van der Waals surface area contributed by atoms with E-state index in [0.29, 0.717) is 24.6 Å². The van der Waals surface area contributed by atoms with Crippen LogP contribution in [0.3, 0.4) is 0 Å². The summed E-state index contributed by atoms with van der Waals surface area (Å²) in [5, 5.41) is 0. The van der Waals surface area contributed by atoms with Gasteiger partial charge in [0, 0.05) is 18.5 Å². The van der Waals surface area contributed by atoms with E-state index in [2.05, 4.69) is 23.6 Å². The first-order chi connectivity index (χ1) is 13.0. The number of fused-ring (bicyclic) bond motifs is 2. The lowest BCUT2D eigenvalue weighted by atomic mass is 9.75. The van der Waals surface area contributed by atoms with E-state index in [0.717, 1.165) is 39.0 Å². The number of benzene rings is 1. The van der Waals surface area contributed by atoms with E-state index in [9.17, 15) is 13.6 Å². The molecule has 4 aliphatic rings. The van der Waals surface area contributed by atoms with Crippen molar-refractivity contribution in [1.29, 1.82) is 0 Å². The van der Waals surface area contributed by atoms with E-state index in [4.69, 9.17) is 0 Å². The molecule has 4 heterocycles. The molecule has 5 rings (SSSR count). The van der Waals surface area contributed by atoms with Crippen molar-refractivity contribution in [1.82, 2.24) is 14.7 Å². The Balaban J connectivity index is 1.66. The zero-order valence-electron chi connectivity index (χ0n) is 16.2. The highest BCUT2D eigenvalue weighted by Gasteiger charge is 2.55. The molecule has 1 aromatic carbocycles. The molecule has 0 N–H and O–H groups in total. The zero-order chi connectivity index (χ0) is 19.1. The fraction of sp³-hybridized carbons (Fsp3) is 0.667. The molecule has 4 nitrogen and oxygen atoms in total. The van der Waals surface area contributed by atoms with Crippen LogP contribution in [0.1, 0.15) is 38.2 Å². The van der Waals surface area contributed by atoms with Gasteiger partial charge in [0.25, 0.3) is 0 Å². The first-order valence-corrected chi connectivity index (χ1v) is 10.2. The second-order valence-electron chi connectivity index (χ2n) is 8.11. The minimum Gasteiger partial charge on any atom is -0.336 e. The zero-order valence-corrected chi connectivity index (χ0v) is 16.2. The van der Waals surface area contributed by atoms with Crippen molar-refractivity contribution in [2.24, 2.45) is 5.92 Å². The summed E-state index contributed by atoms with van der Waals surface area (Å²) in [5.41, 5.74) is 0.427. The summed E-state index contributed by atoms with van der Waals surface area (Å²) in [6, 6.07) is 4.68. The Labute approximate surface area is 160 Å². The van der Waals surface area contributed by atoms with Gasteiger partial charge < -0.3 is 4.90 Å². The van der Waals surface area contributed by atoms with E-state index in [1.807, 2.05) is 4.90 Å². The van der Waals surface area contributed by atoms with Crippen LogP contribution in [0, 0.1) is 17.6 Å². The number of carbonyl (C=O) groups is 1. The molecule has 1 amide bonds. The Morgan fingerprint density at radius 3 is 2.52 bits per heavy atom. The van der Waals surface area contributed by atoms with Crippen LogP contribution in [0.2, 0.25) is 0 Å². The van der Waals surface area contributed by atoms with Crippen molar-refractivity contribution in [2.75, 3.05) is 39.3 Å². The van der Waals surface area contributed by atoms with Crippen LogP contribution in [-0.4, -0.2) is 72.0 Å². The third-order valence-corrected chi connectivity index (χ3v) is 6.95. The first kappa shape index (κ1) is 18.8. The van der Waals surface area contributed by atoms with Crippen LogP contribution in [0.15, 0.2) is 18.2 Å². The smallest absolute Gasteiger partial charge is 0.237 e. The normalized spacial score (nSPS) is 32.2. The maximum absolute atomic E-state index is 14.6. The molecular formula is C21H29F2N3O. The molecule has 0 unspecified atom stereocenters. The minimum atomic E-state index is -0.798. The van der Waals surface area contributed by atoms with Gasteiger partial charge in [-0.25, -0.2) is 8.78 Å². The van der Waals surface area contributed by atoms with Gasteiger partial charge in [0.2, 0.25) is 5.91 Å². The molecule has 2 bridgehead atoms. The predicted octanol–water partition coefficient (Wildman–Crippen LogP) is 2.70. The molecule has 1 aromatic rings. The fourth-order valence-electron chi connectivity index (χ4n) is 5.51. The second kappa shape index (κ2) is 7.47. The summed E-state index contributed by atoms with van der Waals surface area (Å²) in [6.07, 6.45) is 2.18. The Morgan fingerprint density at radius 2 is 1.85 bits per heavy atom. The maximum atomic E-state index is 14.6. The van der Waals surface area contributed by atoms with E-state index >= 15 is 0 Å². The van der Waals surface area contributed by atoms with Crippen molar-refractivity contribution in [3.63, 3.8) is 0 Å². The molecule has 0 aliphatic carbocycles. The molecule has 0 saturated carbocycles. The van der Waals surface area contributed by atoms with Crippen molar-refractivity contribution in [3.05, 3.63) is 35.4 Å². The van der Waals surface area contributed by atoms with E-state index < -0.39 is 11.6 Å². The molecule has 0 spiro atoms. The lowest BCUT2D eigenvalue weighted by Gasteiger charge is -2.51. The molecule has 4 fully saturated rings. The van der Waals surface area contributed by atoms with E-state index in [-0.39, 0.29) is 23.9 Å². The number of hydrogen-bond donors (Lipinski definition) is 0. The van der Waals surface area contributed by atoms with Gasteiger partial charge in [0.1, 0.15) is 0 Å². The number of halogens is 2. The molecule has 4 saturated heterocycles. The van der Waals surface area contributed by atoms with Crippen LogP contribution in [0.4, 0.5) is 8.78 Å². The lowest BCUT2D eigenvalue weighted by Crippen LogP contribution is -2.61. The number of carbonyl (C=O) groups excluding carboxylic acids is 1. The molecule has 148 valence electrons. The number of rotatable bonds is 5. The molecule has 0 radical (unpaired) electrons. The van der Waals surface area contributed by atoms with Crippen LogP contribution in [0.5, 0.6) is 0 Å². The number of piperidine rings is 3. The van der Waals surface area contributed by atoms with Gasteiger partial charge in [0.05, 0.1) is 12.6 Å². The molecule has 3 atom stereocenters. The van der Waals surface area contributed by atoms with Crippen molar-refractivity contribution >= 4 is 5.91 Å². The number of hydrogen-bond acceptors (Lipinski definition) is 3. The summed E-state index contributed by atoms with van der Waals surface area (Å²) in [7, 11) is 0. The predicted molar refractivity (Wildman–Crippen MR) is 100 cm³/mol. The van der Waals surface area contributed by atoms with Gasteiger partial charge in [0.15, 0.2) is 11.6 Å². The SMILES string of the molecule is CCN(CC)CC(=O)N1C[C@H](c2cccc(F)c2F)[C@H]2[C@@H]1C1CCN2CC1. The monoisotopic (exact) mass is 377 g/mol. The van der Waals surface area contributed by atoms with Crippen molar-refractivity contribution in [3.8, 4) is 0 Å². The molecule has 0 aromatic heterocycles. The molecule has 27 heavy (non-hydrogen) atoms. The summed E-state index contributed by atoms with van der Waals surface area (Å²) in [4.78, 5) is 19.7. The largest absolute Gasteiger partial charge is 0.336 e. The van der Waals surface area contributed by atoms with Gasteiger partial charge in [-0.1, -0.05) is 26.0 Å². The Morgan fingerprint density at radius 1 is 1.15 bits per heavy atom. The highest BCUT2D eigenvalue weighted by Crippen LogP contribution is 2.47. The fourth-order valence-corrected chi connectivity index (χ4v) is 5.51. The van der Waals surface area contributed by atoms with Gasteiger partial charge in [-0.15, -0.1) is 0 Å². The number of amides is 1. The van der Waals surface area contributed by atoms with Crippen LogP contribution < -0.4 is 0 Å². The third kappa shape index (κ3) is 3.17. The molecular weight excluding hydrogens is 348 g/mol. The Hall–Kier alpha value is -1.53. The first-order valence-electron chi connectivity index (χ1n) is 10.2. The minimum absolute atomic E-state index is 0.106. The summed E-state index contributed by atoms with van der Waals surface area (Å²) < 4.78 is 28.5. The second-order valence-corrected chi connectivity index (χ2v) is 8.11. The lowest BCUT2D eigenvalue weighted by molar-refractivity contribution is -0.137. The number of likely N-dealkylation sites (tertiary alicyclic amines) is 1. The van der Waals surface area contributed by atoms with Gasteiger partial charge in [-0.05, 0) is 56.6 Å². The van der Waals surface area contributed by atoms with E-state index in [1.165, 1.54) is 6.07 Å². The van der Waals surface area contributed by atoms with E-state index in [1.54, 1.807) is 12.1 Å². The molecule has 4 aliphatic heterocycles. The van der Waals surface area contributed by atoms with Crippen LogP contribution >= 0.6 is 0 Å². The van der Waals surface area contributed by atoms with Gasteiger partial charge in [-0.3, -0.25) is 14.6 Å². The number of nitrogens with zero attached hydrogens (tertiary/aromatic N) is 3. The van der Waals surface area contributed by atoms with Crippen molar-refractivity contribution in [2.45, 2.75) is 44.7 Å². The highest BCUT2D eigenvalue weighted by atomic mass is 19.2. The summed E-state index contributed by atoms with van der Waals surface area (Å²) >= 11 is 0. The average molecular weight is 377 g/mol. The Kier molecular flexibility index (Phi) is 5.21. The topological polar surface area (TPSA) is 26.8 Å².